The van der Waals surface area contributed by atoms with Gasteiger partial charge < -0.3 is 14.9 Å². The second kappa shape index (κ2) is 12.5. The molecule has 3 aliphatic heterocycles. The smallest absolute Gasteiger partial charge is 0.0737 e. The predicted molar refractivity (Wildman–Crippen MR) is 215 cm³/mol. The zero-order valence-corrected chi connectivity index (χ0v) is 28.9. The Morgan fingerprint density at radius 2 is 0.750 bits per heavy atom. The second-order valence-corrected chi connectivity index (χ2v) is 14.1. The molecule has 7 aromatic rings. The molecule has 3 aromatic heterocycles. The van der Waals surface area contributed by atoms with Crippen LogP contribution >= 0.6 is 0 Å². The molecule has 8 bridgehead atoms. The van der Waals surface area contributed by atoms with Crippen molar-refractivity contribution in [2.45, 2.75) is 11.8 Å². The van der Waals surface area contributed by atoms with E-state index in [1.54, 1.807) is 0 Å². The van der Waals surface area contributed by atoms with E-state index in [0.29, 0.717) is 0 Å². The van der Waals surface area contributed by atoms with Crippen LogP contribution in [0.25, 0.3) is 78.7 Å². The maximum atomic E-state index is 5.75. The molecule has 0 unspecified atom stereocenters. The number of likely N-dealkylation sites (N-methyl/N-ethyl adjacent to an activating group) is 1. The van der Waals surface area contributed by atoms with E-state index >= 15 is 0 Å². The maximum absolute atomic E-state index is 5.75. The highest BCUT2D eigenvalue weighted by molar-refractivity contribution is 5.97. The summed E-state index contributed by atoms with van der Waals surface area (Å²) in [6.07, 6.45) is 4.32. The van der Waals surface area contributed by atoms with Crippen molar-refractivity contribution in [3.8, 4) is 44.5 Å². The molecular weight excluding hydrogens is 635 g/mol. The molecule has 5 heteroatoms. The van der Waals surface area contributed by atoms with Crippen LogP contribution in [0.15, 0.2) is 146 Å². The van der Waals surface area contributed by atoms with Gasteiger partial charge in [-0.3, -0.25) is 4.98 Å². The monoisotopic (exact) mass is 671 g/mol. The highest BCUT2D eigenvalue weighted by Crippen LogP contribution is 2.49. The zero-order valence-electron chi connectivity index (χ0n) is 28.9. The van der Waals surface area contributed by atoms with Gasteiger partial charge in [0.15, 0.2) is 0 Å². The van der Waals surface area contributed by atoms with Gasteiger partial charge in [0.25, 0.3) is 0 Å². The van der Waals surface area contributed by atoms with E-state index in [0.717, 1.165) is 102 Å². The first-order valence-electron chi connectivity index (χ1n) is 18.1. The summed E-state index contributed by atoms with van der Waals surface area (Å²) < 4.78 is 0. The molecule has 4 aromatic carbocycles. The van der Waals surface area contributed by atoms with Crippen LogP contribution in [0, 0.1) is 0 Å². The van der Waals surface area contributed by atoms with Gasteiger partial charge >= 0.3 is 0 Å². The molecule has 1 saturated heterocycles. The van der Waals surface area contributed by atoms with Crippen molar-refractivity contribution in [2.24, 2.45) is 0 Å². The van der Waals surface area contributed by atoms with E-state index in [9.17, 15) is 0 Å². The Bertz CT molecular complexity index is 2460. The molecule has 52 heavy (non-hydrogen) atoms. The van der Waals surface area contributed by atoms with E-state index < -0.39 is 0 Å². The molecule has 0 aliphatic carbocycles. The summed E-state index contributed by atoms with van der Waals surface area (Å²) in [6, 6.07) is 51.7. The van der Waals surface area contributed by atoms with Crippen molar-refractivity contribution in [2.75, 3.05) is 20.1 Å². The van der Waals surface area contributed by atoms with E-state index in [1.165, 1.54) is 0 Å². The maximum Gasteiger partial charge on any atom is 0.0737 e. The number of rotatable bonds is 4. The van der Waals surface area contributed by atoms with Crippen molar-refractivity contribution < 1.29 is 0 Å². The number of aromatic nitrogens is 4. The number of hydrogen-bond donors (Lipinski definition) is 2. The summed E-state index contributed by atoms with van der Waals surface area (Å²) in [5.74, 6) is 0.488. The SMILES string of the molecule is CN1C[C@@H]2c3nc(c(-c4ccccc4)c4ccc([nH]4)c(-c4ccccc4)c4nc(c(-c5ccccc5)c5ccc([nH]5)c3-c3ccccc3)C=C4)[C@@H]2C1. The average Bonchev–Trinajstić information content (AvgIpc) is 4.04. The fourth-order valence-corrected chi connectivity index (χ4v) is 8.53. The van der Waals surface area contributed by atoms with Gasteiger partial charge in [-0.1, -0.05) is 121 Å². The third kappa shape index (κ3) is 5.12. The minimum atomic E-state index is 0.244. The number of H-pyrrole nitrogens is 2. The molecular formula is C47H37N5. The largest absolute Gasteiger partial charge is 0.354 e. The molecule has 2 atom stereocenters. The molecule has 3 aliphatic rings. The second-order valence-electron chi connectivity index (χ2n) is 14.1. The van der Waals surface area contributed by atoms with Gasteiger partial charge in [-0.15, -0.1) is 0 Å². The number of nitrogens with one attached hydrogen (secondary N) is 2. The lowest BCUT2D eigenvalue weighted by Gasteiger charge is -2.13. The van der Waals surface area contributed by atoms with Crippen LogP contribution in [-0.4, -0.2) is 45.0 Å². The highest BCUT2D eigenvalue weighted by atomic mass is 15.1. The Morgan fingerprint density at radius 1 is 0.423 bits per heavy atom. The number of hydrogen-bond acceptors (Lipinski definition) is 3. The quantitative estimate of drug-likeness (QED) is 0.196. The van der Waals surface area contributed by atoms with Gasteiger partial charge in [-0.2, -0.15) is 0 Å². The molecule has 6 heterocycles. The van der Waals surface area contributed by atoms with Crippen LogP contribution in [0.2, 0.25) is 0 Å². The van der Waals surface area contributed by atoms with Crippen molar-refractivity contribution in [1.82, 2.24) is 24.8 Å². The molecule has 10 rings (SSSR count). The molecule has 0 saturated carbocycles. The van der Waals surface area contributed by atoms with Crippen LogP contribution in [0.5, 0.6) is 0 Å². The molecule has 250 valence electrons. The van der Waals surface area contributed by atoms with Crippen molar-refractivity contribution in [1.29, 1.82) is 0 Å². The first-order valence-corrected chi connectivity index (χ1v) is 18.1. The summed E-state index contributed by atoms with van der Waals surface area (Å²) in [5.41, 5.74) is 17.3. The third-order valence-electron chi connectivity index (χ3n) is 10.8. The summed E-state index contributed by atoms with van der Waals surface area (Å²) in [6.45, 7) is 1.89. The normalized spacial score (nSPS) is 16.6. The Labute approximate surface area is 303 Å². The van der Waals surface area contributed by atoms with Gasteiger partial charge in [0.1, 0.15) is 0 Å². The predicted octanol–water partition coefficient (Wildman–Crippen LogP) is 11.0. The Hall–Kier alpha value is -6.30. The molecule has 2 N–H and O–H groups in total. The standard InChI is InChI=1S/C47H37N5/c1-52-28-34-35(29-52)47-45(33-20-12-5-13-21-33)41-27-25-39(50-41)43(31-16-8-3-9-17-31)37-23-22-36(48-37)42(30-14-6-2-7-15-30)38-24-26-40(49-38)44(46(34)51-47)32-18-10-4-11-19-32/h2-27,34-35,49-50H,28-29H2,1H3/t34-,35+. The third-order valence-corrected chi connectivity index (χ3v) is 10.8. The van der Waals surface area contributed by atoms with Gasteiger partial charge in [-0.05, 0) is 65.7 Å². The molecule has 0 spiro atoms. The van der Waals surface area contributed by atoms with Crippen LogP contribution in [-0.2, 0) is 0 Å². The van der Waals surface area contributed by atoms with Crippen molar-refractivity contribution in [3.05, 3.63) is 168 Å². The molecule has 0 amide bonds. The van der Waals surface area contributed by atoms with Crippen LogP contribution < -0.4 is 0 Å². The van der Waals surface area contributed by atoms with Gasteiger partial charge in [-0.25, -0.2) is 4.98 Å². The number of benzene rings is 4. The molecule has 1 fully saturated rings. The minimum absolute atomic E-state index is 0.244. The van der Waals surface area contributed by atoms with Crippen LogP contribution in [0.1, 0.15) is 34.6 Å². The number of aromatic amines is 2. The molecule has 5 nitrogen and oxygen atoms in total. The first-order chi connectivity index (χ1) is 25.7. The highest BCUT2D eigenvalue weighted by Gasteiger charge is 2.42. The summed E-state index contributed by atoms with van der Waals surface area (Å²) in [4.78, 5) is 21.5. The topological polar surface area (TPSA) is 60.6 Å². The minimum Gasteiger partial charge on any atom is -0.354 e. The zero-order chi connectivity index (χ0) is 34.6. The summed E-state index contributed by atoms with van der Waals surface area (Å²) >= 11 is 0. The van der Waals surface area contributed by atoms with E-state index in [1.807, 2.05) is 0 Å². The lowest BCUT2D eigenvalue weighted by molar-refractivity contribution is 0.404. The number of fused-ring (bicyclic) bond motifs is 11. The van der Waals surface area contributed by atoms with Gasteiger partial charge in [0, 0.05) is 69.2 Å². The Kier molecular flexibility index (Phi) is 7.33. The fourth-order valence-electron chi connectivity index (χ4n) is 8.53. The van der Waals surface area contributed by atoms with Gasteiger partial charge in [0.2, 0.25) is 0 Å². The Morgan fingerprint density at radius 3 is 1.12 bits per heavy atom. The molecule has 0 radical (unpaired) electrons. The van der Waals surface area contributed by atoms with Crippen LogP contribution in [0.3, 0.4) is 0 Å². The average molecular weight is 672 g/mol. The number of nitrogens with zero attached hydrogens (tertiary/aromatic N) is 3. The van der Waals surface area contributed by atoms with E-state index in [2.05, 4.69) is 180 Å². The van der Waals surface area contributed by atoms with E-state index in [-0.39, 0.29) is 11.8 Å². The summed E-state index contributed by atoms with van der Waals surface area (Å²) in [5, 5.41) is 0. The first kappa shape index (κ1) is 30.5. The fraction of sp³-hybridized carbons (Fsp3) is 0.106. The summed E-state index contributed by atoms with van der Waals surface area (Å²) in [7, 11) is 2.24. The van der Waals surface area contributed by atoms with Crippen LogP contribution in [0.4, 0.5) is 0 Å². The van der Waals surface area contributed by atoms with Gasteiger partial charge in [0.05, 0.1) is 22.8 Å². The van der Waals surface area contributed by atoms with E-state index in [4.69, 9.17) is 9.97 Å². The number of likely N-dealkylation sites (tertiary alicyclic amines) is 1. The Balaban J connectivity index is 1.42. The van der Waals surface area contributed by atoms with Crippen molar-refractivity contribution in [3.63, 3.8) is 0 Å². The lowest BCUT2D eigenvalue weighted by Crippen LogP contribution is -2.15. The lowest BCUT2D eigenvalue weighted by atomic mass is 9.87. The van der Waals surface area contributed by atoms with Crippen molar-refractivity contribution >= 4 is 34.2 Å².